The summed E-state index contributed by atoms with van der Waals surface area (Å²) in [4.78, 5) is 53.2. The molecule has 0 aliphatic heterocycles. The summed E-state index contributed by atoms with van der Waals surface area (Å²) in [5.74, 6) is -2.06. The first-order valence-electron chi connectivity index (χ1n) is 12.6. The van der Waals surface area contributed by atoms with Crippen molar-refractivity contribution < 1.29 is 19.2 Å². The third-order valence-electron chi connectivity index (χ3n) is 5.98. The van der Waals surface area contributed by atoms with Crippen molar-refractivity contribution in [3.63, 3.8) is 0 Å². The normalized spacial score (nSPS) is 12.6. The van der Waals surface area contributed by atoms with E-state index in [4.69, 9.17) is 11.6 Å². The second kappa shape index (κ2) is 14.3. The van der Waals surface area contributed by atoms with Crippen molar-refractivity contribution >= 4 is 59.2 Å². The molecule has 2 atom stereocenters. The van der Waals surface area contributed by atoms with Gasteiger partial charge in [-0.3, -0.25) is 24.6 Å². The molecule has 2 aromatic carbocycles. The Morgan fingerprint density at radius 1 is 0.925 bits per heavy atom. The summed E-state index contributed by atoms with van der Waals surface area (Å²) in [6.07, 6.45) is 0.161. The van der Waals surface area contributed by atoms with E-state index in [1.807, 2.05) is 51.1 Å². The highest BCUT2D eigenvalue weighted by Crippen LogP contribution is 2.21. The van der Waals surface area contributed by atoms with Gasteiger partial charge in [0, 0.05) is 11.4 Å². The summed E-state index contributed by atoms with van der Waals surface area (Å²) in [6, 6.07) is 17.6. The molecular weight excluding hydrogens is 568 g/mol. The number of benzene rings is 2. The number of amides is 4. The van der Waals surface area contributed by atoms with Crippen molar-refractivity contribution in [1.82, 2.24) is 21.1 Å². The molecule has 0 saturated heterocycles. The van der Waals surface area contributed by atoms with Crippen LogP contribution in [0.4, 0.5) is 0 Å². The number of hydrogen-bond acceptors (Lipinski definition) is 6. The molecule has 0 aliphatic carbocycles. The van der Waals surface area contributed by atoms with Gasteiger partial charge in [-0.2, -0.15) is 12.6 Å². The van der Waals surface area contributed by atoms with E-state index in [9.17, 15) is 19.2 Å². The summed E-state index contributed by atoms with van der Waals surface area (Å²) < 4.78 is 0. The summed E-state index contributed by atoms with van der Waals surface area (Å²) in [7, 11) is 0. The van der Waals surface area contributed by atoms with Crippen LogP contribution in [-0.4, -0.2) is 46.5 Å². The number of thiophene rings is 1. The average molecular weight is 601 g/mol. The number of thiol groups is 1. The highest BCUT2D eigenvalue weighted by atomic mass is 35.5. The first-order valence-corrected chi connectivity index (χ1v) is 14.5. The van der Waals surface area contributed by atoms with Gasteiger partial charge in [-0.15, -0.1) is 11.3 Å². The molecule has 1 aromatic heterocycles. The Morgan fingerprint density at radius 3 is 2.23 bits per heavy atom. The molecule has 3 N–H and O–H groups in total. The molecule has 3 rings (SSSR count). The number of hydrazine groups is 1. The van der Waals surface area contributed by atoms with Crippen molar-refractivity contribution in [2.24, 2.45) is 5.41 Å². The van der Waals surface area contributed by atoms with Crippen LogP contribution in [0.3, 0.4) is 0 Å². The fraction of sp³-hybridized carbons (Fsp3) is 0.310. The monoisotopic (exact) mass is 600 g/mol. The minimum atomic E-state index is -1.05. The molecule has 3 aromatic rings. The Bertz CT molecular complexity index is 1310. The molecule has 8 nitrogen and oxygen atoms in total. The van der Waals surface area contributed by atoms with Crippen LogP contribution in [0.5, 0.6) is 0 Å². The summed E-state index contributed by atoms with van der Waals surface area (Å²) in [5, 5.41) is 9.06. The molecule has 212 valence electrons. The quantitative estimate of drug-likeness (QED) is 0.206. The van der Waals surface area contributed by atoms with Crippen molar-refractivity contribution in [3.05, 3.63) is 93.1 Å². The number of rotatable bonds is 10. The van der Waals surface area contributed by atoms with Crippen LogP contribution < -0.4 is 16.1 Å². The molecule has 0 saturated carbocycles. The number of nitrogens with zero attached hydrogens (tertiary/aromatic N) is 1. The minimum Gasteiger partial charge on any atom is -0.342 e. The van der Waals surface area contributed by atoms with Gasteiger partial charge in [0.1, 0.15) is 12.1 Å². The lowest BCUT2D eigenvalue weighted by Gasteiger charge is -2.32. The number of nitrogens with one attached hydrogen (secondary N) is 3. The van der Waals surface area contributed by atoms with Crippen molar-refractivity contribution in [2.75, 3.05) is 5.75 Å². The lowest BCUT2D eigenvalue weighted by Crippen LogP contribution is -2.60. The second-order valence-electron chi connectivity index (χ2n) is 10.2. The van der Waals surface area contributed by atoms with Crippen LogP contribution in [0.15, 0.2) is 72.1 Å². The van der Waals surface area contributed by atoms with Gasteiger partial charge in [0.2, 0.25) is 5.91 Å². The first kappa shape index (κ1) is 31.2. The predicted octanol–water partition coefficient (Wildman–Crippen LogP) is 4.26. The fourth-order valence-electron chi connectivity index (χ4n) is 3.90. The maximum Gasteiger partial charge on any atom is 0.262 e. The average Bonchev–Trinajstić information content (AvgIpc) is 3.45. The lowest BCUT2D eigenvalue weighted by atomic mass is 9.85. The third-order valence-corrected chi connectivity index (χ3v) is 7.35. The predicted molar refractivity (Wildman–Crippen MR) is 161 cm³/mol. The van der Waals surface area contributed by atoms with E-state index in [2.05, 4.69) is 28.7 Å². The summed E-state index contributed by atoms with van der Waals surface area (Å²) >= 11 is 11.5. The van der Waals surface area contributed by atoms with E-state index in [0.29, 0.717) is 15.5 Å². The van der Waals surface area contributed by atoms with Gasteiger partial charge in [0.15, 0.2) is 0 Å². The van der Waals surface area contributed by atoms with Crippen molar-refractivity contribution in [3.8, 4) is 0 Å². The number of halogens is 1. The zero-order valence-corrected chi connectivity index (χ0v) is 25.0. The molecule has 0 spiro atoms. The molecule has 11 heteroatoms. The maximum atomic E-state index is 13.6. The van der Waals surface area contributed by atoms with Crippen molar-refractivity contribution in [2.45, 2.75) is 45.8 Å². The third kappa shape index (κ3) is 9.11. The van der Waals surface area contributed by atoms with Crippen LogP contribution in [0, 0.1) is 5.41 Å². The maximum absolute atomic E-state index is 13.6. The van der Waals surface area contributed by atoms with E-state index in [1.165, 1.54) is 11.3 Å². The zero-order chi connectivity index (χ0) is 29.3. The van der Waals surface area contributed by atoms with Gasteiger partial charge in [0.25, 0.3) is 17.7 Å². The van der Waals surface area contributed by atoms with Gasteiger partial charge in [-0.1, -0.05) is 80.9 Å². The van der Waals surface area contributed by atoms with Gasteiger partial charge in [-0.05, 0) is 40.1 Å². The Morgan fingerprint density at radius 2 is 1.62 bits per heavy atom. The molecule has 0 aliphatic rings. The number of carbonyl (C=O) groups excluding carboxylic acids is 4. The largest absolute Gasteiger partial charge is 0.342 e. The lowest BCUT2D eigenvalue weighted by molar-refractivity contribution is -0.142. The number of carbonyl (C=O) groups is 4. The van der Waals surface area contributed by atoms with Crippen LogP contribution in [0.1, 0.15) is 41.6 Å². The van der Waals surface area contributed by atoms with Gasteiger partial charge in [-0.25, -0.2) is 5.01 Å². The van der Waals surface area contributed by atoms with E-state index in [0.717, 1.165) is 10.6 Å². The molecule has 0 unspecified atom stereocenters. The Hall–Kier alpha value is -3.34. The van der Waals surface area contributed by atoms with Gasteiger partial charge >= 0.3 is 0 Å². The topological polar surface area (TPSA) is 108 Å². The van der Waals surface area contributed by atoms with Crippen LogP contribution >= 0.6 is 35.6 Å². The van der Waals surface area contributed by atoms with Crippen molar-refractivity contribution in [1.29, 1.82) is 0 Å². The van der Waals surface area contributed by atoms with Crippen LogP contribution in [0.2, 0.25) is 5.02 Å². The smallest absolute Gasteiger partial charge is 0.262 e. The first-order chi connectivity index (χ1) is 19.0. The minimum absolute atomic E-state index is 0.0547. The molecular formula is C29H33ClN4O4S2. The zero-order valence-electron chi connectivity index (χ0n) is 22.5. The molecule has 1 heterocycles. The van der Waals surface area contributed by atoms with E-state index < -0.39 is 35.2 Å². The fourth-order valence-corrected chi connectivity index (χ4v) is 4.91. The Balaban J connectivity index is 1.84. The molecule has 0 fully saturated rings. The van der Waals surface area contributed by atoms with Gasteiger partial charge < -0.3 is 10.6 Å². The Kier molecular flexibility index (Phi) is 11.2. The summed E-state index contributed by atoms with van der Waals surface area (Å²) in [5.41, 5.74) is 3.50. The molecule has 40 heavy (non-hydrogen) atoms. The SMILES string of the molecule is CC(C)(C)[C@H](NC(=O)c1cccs1)C(=O)N[C@@H](Cc1ccccc1)C(=O)NN(Cc1cccc(Cl)c1)C(=O)CS. The second-order valence-corrected chi connectivity index (χ2v) is 11.9. The molecule has 0 radical (unpaired) electrons. The van der Waals surface area contributed by atoms with Crippen LogP contribution in [-0.2, 0) is 27.3 Å². The number of hydrogen-bond donors (Lipinski definition) is 4. The van der Waals surface area contributed by atoms with E-state index >= 15 is 0 Å². The van der Waals surface area contributed by atoms with Gasteiger partial charge in [0.05, 0.1) is 17.2 Å². The molecule has 0 bridgehead atoms. The van der Waals surface area contributed by atoms with E-state index in [-0.39, 0.29) is 24.6 Å². The van der Waals surface area contributed by atoms with E-state index in [1.54, 1.807) is 41.8 Å². The standard InChI is InChI=1S/C29H33ClN4O4S2/c1-29(2,3)25(32-27(37)23-13-8-14-40-23)28(38)31-22(16-19-9-5-4-6-10-19)26(36)33-34(24(35)18-39)17-20-11-7-12-21(30)15-20/h4-15,22,25,39H,16-18H2,1-3H3,(H,31,38)(H,32,37)(H,33,36)/t22-,25+/m0/s1. The summed E-state index contributed by atoms with van der Waals surface area (Å²) in [6.45, 7) is 5.54. The van der Waals surface area contributed by atoms with Crippen LogP contribution in [0.25, 0.3) is 0 Å². The molecule has 4 amide bonds. The highest BCUT2D eigenvalue weighted by Gasteiger charge is 2.36. The Labute approximate surface area is 248 Å². The highest BCUT2D eigenvalue weighted by molar-refractivity contribution is 7.81.